The van der Waals surface area contributed by atoms with Gasteiger partial charge in [-0.1, -0.05) is 11.6 Å². The topological polar surface area (TPSA) is 104 Å². The summed E-state index contributed by atoms with van der Waals surface area (Å²) in [4.78, 5) is 30.2. The van der Waals surface area contributed by atoms with Crippen LogP contribution < -0.4 is 4.74 Å². The van der Waals surface area contributed by atoms with Crippen LogP contribution in [0.1, 0.15) is 11.1 Å². The fourth-order valence-corrected chi connectivity index (χ4v) is 2.20. The molecule has 0 aliphatic rings. The summed E-state index contributed by atoms with van der Waals surface area (Å²) in [6.45, 7) is -0.492. The molecule has 0 bridgehead atoms. The molecule has 0 radical (unpaired) electrons. The van der Waals surface area contributed by atoms with Gasteiger partial charge in [0.05, 0.1) is 23.2 Å². The van der Waals surface area contributed by atoms with Gasteiger partial charge < -0.3 is 9.47 Å². The largest absolute Gasteiger partial charge is 0.443 e. The van der Waals surface area contributed by atoms with Crippen LogP contribution in [-0.4, -0.2) is 35.2 Å². The number of nitro groups is 1. The van der Waals surface area contributed by atoms with E-state index >= 15 is 0 Å². The summed E-state index contributed by atoms with van der Waals surface area (Å²) in [5.41, 5.74) is -1.46. The highest BCUT2D eigenvalue weighted by molar-refractivity contribution is 6.31. The predicted octanol–water partition coefficient (Wildman–Crippen LogP) is 4.58. The van der Waals surface area contributed by atoms with Gasteiger partial charge in [-0.3, -0.25) is 15.0 Å². The van der Waals surface area contributed by atoms with Crippen molar-refractivity contribution in [3.8, 4) is 11.6 Å². The Morgan fingerprint density at radius 3 is 2.59 bits per heavy atom. The zero-order chi connectivity index (χ0) is 21.8. The Hall–Kier alpha value is -3.12. The Labute approximate surface area is 166 Å². The van der Waals surface area contributed by atoms with E-state index in [4.69, 9.17) is 21.1 Å². The van der Waals surface area contributed by atoms with Crippen LogP contribution in [0.15, 0.2) is 30.5 Å². The molecule has 2 rings (SSSR count). The maximum absolute atomic E-state index is 12.7. The zero-order valence-electron chi connectivity index (χ0n) is 14.9. The highest BCUT2D eigenvalue weighted by Crippen LogP contribution is 2.35. The van der Waals surface area contributed by atoms with Crippen LogP contribution in [0.3, 0.4) is 0 Å². The number of rotatable bonds is 6. The Balaban J connectivity index is 2.26. The molecule has 0 atom stereocenters. The standard InChI is InChI=1S/C16H13ClF3N3O6/c1-22(27-2)15(24)28-8-9-5-11(3-4-13(9)23(25)26)29-14-12(17)6-10(7-21-14)16(18,19)20/h3-7H,8H2,1-2H3. The molecule has 29 heavy (non-hydrogen) atoms. The molecular weight excluding hydrogens is 423 g/mol. The Bertz CT molecular complexity index is 925. The van der Waals surface area contributed by atoms with Gasteiger partial charge in [0.25, 0.3) is 5.69 Å². The number of amides is 1. The smallest absolute Gasteiger partial charge is 0.433 e. The monoisotopic (exact) mass is 435 g/mol. The fraction of sp³-hybridized carbons (Fsp3) is 0.250. The van der Waals surface area contributed by atoms with Gasteiger partial charge in [0.1, 0.15) is 17.4 Å². The summed E-state index contributed by atoms with van der Waals surface area (Å²) in [5.74, 6) is -0.355. The number of carbonyl (C=O) groups excluding carboxylic acids is 1. The van der Waals surface area contributed by atoms with Crippen LogP contribution in [0.4, 0.5) is 23.7 Å². The second-order valence-electron chi connectivity index (χ2n) is 5.39. The third-order valence-corrected chi connectivity index (χ3v) is 3.75. The molecule has 2 aromatic rings. The summed E-state index contributed by atoms with van der Waals surface area (Å²) in [7, 11) is 2.49. The first kappa shape index (κ1) is 22.2. The summed E-state index contributed by atoms with van der Waals surface area (Å²) < 4.78 is 48.2. The highest BCUT2D eigenvalue weighted by atomic mass is 35.5. The minimum absolute atomic E-state index is 0.0177. The minimum atomic E-state index is -4.63. The molecule has 13 heteroatoms. The van der Waals surface area contributed by atoms with Crippen LogP contribution in [0, 0.1) is 10.1 Å². The lowest BCUT2D eigenvalue weighted by Crippen LogP contribution is -2.26. The zero-order valence-corrected chi connectivity index (χ0v) is 15.7. The van der Waals surface area contributed by atoms with Crippen LogP contribution in [0.25, 0.3) is 0 Å². The predicted molar refractivity (Wildman–Crippen MR) is 92.4 cm³/mol. The molecule has 156 valence electrons. The van der Waals surface area contributed by atoms with Crippen molar-refractivity contribution in [2.24, 2.45) is 0 Å². The van der Waals surface area contributed by atoms with Crippen molar-refractivity contribution in [1.82, 2.24) is 10.0 Å². The molecule has 0 saturated carbocycles. The van der Waals surface area contributed by atoms with E-state index in [9.17, 15) is 28.1 Å². The van der Waals surface area contributed by atoms with Gasteiger partial charge in [-0.2, -0.15) is 18.2 Å². The fourth-order valence-electron chi connectivity index (χ4n) is 1.99. The third kappa shape index (κ3) is 5.68. The maximum atomic E-state index is 12.7. The third-order valence-electron chi connectivity index (χ3n) is 3.48. The molecule has 0 aliphatic carbocycles. The van der Waals surface area contributed by atoms with Crippen molar-refractivity contribution in [2.45, 2.75) is 12.8 Å². The molecule has 1 amide bonds. The van der Waals surface area contributed by atoms with Crippen LogP contribution in [0.5, 0.6) is 11.6 Å². The second-order valence-corrected chi connectivity index (χ2v) is 5.80. The van der Waals surface area contributed by atoms with Crippen molar-refractivity contribution in [3.63, 3.8) is 0 Å². The first-order valence-electron chi connectivity index (χ1n) is 7.65. The van der Waals surface area contributed by atoms with E-state index in [1.165, 1.54) is 26.3 Å². The van der Waals surface area contributed by atoms with Crippen molar-refractivity contribution in [3.05, 3.63) is 56.7 Å². The van der Waals surface area contributed by atoms with Crippen LogP contribution in [0.2, 0.25) is 5.02 Å². The van der Waals surface area contributed by atoms with E-state index in [2.05, 4.69) is 9.82 Å². The average molecular weight is 436 g/mol. The Kier molecular flexibility index (Phi) is 6.82. The number of hydrogen-bond donors (Lipinski definition) is 0. The van der Waals surface area contributed by atoms with Crippen LogP contribution >= 0.6 is 11.6 Å². The second kappa shape index (κ2) is 8.92. The summed E-state index contributed by atoms with van der Waals surface area (Å²) >= 11 is 5.78. The number of hydroxylamine groups is 2. The summed E-state index contributed by atoms with van der Waals surface area (Å²) in [6.07, 6.45) is -4.99. The molecule has 0 fully saturated rings. The summed E-state index contributed by atoms with van der Waals surface area (Å²) in [5, 5.41) is 11.5. The van der Waals surface area contributed by atoms with Gasteiger partial charge in [0, 0.05) is 19.3 Å². The minimum Gasteiger partial charge on any atom is -0.443 e. The molecule has 1 aromatic carbocycles. The van der Waals surface area contributed by atoms with Gasteiger partial charge in [-0.25, -0.2) is 9.78 Å². The maximum Gasteiger partial charge on any atom is 0.433 e. The number of benzene rings is 1. The number of alkyl halides is 3. The number of hydrogen-bond acceptors (Lipinski definition) is 7. The Morgan fingerprint density at radius 2 is 2.03 bits per heavy atom. The molecule has 0 aliphatic heterocycles. The average Bonchev–Trinajstić information content (AvgIpc) is 2.66. The Morgan fingerprint density at radius 1 is 1.34 bits per heavy atom. The lowest BCUT2D eigenvalue weighted by molar-refractivity contribution is -0.385. The van der Waals surface area contributed by atoms with E-state index in [0.29, 0.717) is 12.3 Å². The highest BCUT2D eigenvalue weighted by Gasteiger charge is 2.32. The van der Waals surface area contributed by atoms with Crippen LogP contribution in [-0.2, 0) is 22.4 Å². The van der Waals surface area contributed by atoms with E-state index in [1.807, 2.05) is 0 Å². The van der Waals surface area contributed by atoms with Gasteiger partial charge in [-0.15, -0.1) is 0 Å². The number of nitro benzene ring substituents is 1. The lowest BCUT2D eigenvalue weighted by atomic mass is 10.2. The quantitative estimate of drug-likeness (QED) is 0.483. The molecular formula is C16H13ClF3N3O6. The van der Waals surface area contributed by atoms with Gasteiger partial charge in [-0.05, 0) is 18.2 Å². The molecule has 0 N–H and O–H groups in total. The molecule has 1 heterocycles. The van der Waals surface area contributed by atoms with Gasteiger partial charge in [0.15, 0.2) is 0 Å². The molecule has 0 unspecified atom stereocenters. The van der Waals surface area contributed by atoms with E-state index in [-0.39, 0.29) is 22.9 Å². The molecule has 1 aromatic heterocycles. The number of halogens is 4. The number of nitrogens with zero attached hydrogens (tertiary/aromatic N) is 3. The van der Waals surface area contributed by atoms with E-state index < -0.39 is 34.4 Å². The van der Waals surface area contributed by atoms with Gasteiger partial charge >= 0.3 is 12.3 Å². The molecule has 0 spiro atoms. The SMILES string of the molecule is CON(C)C(=O)OCc1cc(Oc2ncc(C(F)(F)F)cc2Cl)ccc1[N+](=O)[O-]. The number of pyridine rings is 1. The van der Waals surface area contributed by atoms with Crippen molar-refractivity contribution >= 4 is 23.4 Å². The lowest BCUT2D eigenvalue weighted by Gasteiger charge is -2.14. The number of ether oxygens (including phenoxy) is 2. The first-order valence-corrected chi connectivity index (χ1v) is 8.03. The molecule has 9 nitrogen and oxygen atoms in total. The van der Waals surface area contributed by atoms with Crippen molar-refractivity contribution in [1.29, 1.82) is 0 Å². The molecule has 0 saturated heterocycles. The van der Waals surface area contributed by atoms with E-state index in [1.54, 1.807) is 0 Å². The van der Waals surface area contributed by atoms with Crippen molar-refractivity contribution in [2.75, 3.05) is 14.2 Å². The summed E-state index contributed by atoms with van der Waals surface area (Å²) in [6, 6.07) is 4.09. The van der Waals surface area contributed by atoms with Crippen molar-refractivity contribution < 1.29 is 37.2 Å². The number of carbonyl (C=O) groups is 1. The first-order chi connectivity index (χ1) is 13.5. The van der Waals surface area contributed by atoms with Gasteiger partial charge in [0.2, 0.25) is 5.88 Å². The van der Waals surface area contributed by atoms with E-state index in [0.717, 1.165) is 11.1 Å². The normalized spacial score (nSPS) is 11.1. The number of aromatic nitrogens is 1.